The number of allylic oxidation sites excluding steroid dienone is 1. The summed E-state index contributed by atoms with van der Waals surface area (Å²) in [6, 6.07) is 8.99. The van der Waals surface area contributed by atoms with Crippen LogP contribution in [0.2, 0.25) is 0 Å². The Kier molecular flexibility index (Phi) is 2.83. The Bertz CT molecular complexity index is 429. The fourth-order valence-corrected chi connectivity index (χ4v) is 1.29. The van der Waals surface area contributed by atoms with Crippen LogP contribution >= 0.6 is 0 Å². The highest BCUT2D eigenvalue weighted by molar-refractivity contribution is 5.50. The molecule has 3 heteroatoms. The van der Waals surface area contributed by atoms with Gasteiger partial charge in [0.1, 0.15) is 5.75 Å². The zero-order chi connectivity index (χ0) is 10.5. The smallest absolute Gasteiger partial charge is 0.115 e. The maximum Gasteiger partial charge on any atom is 0.115 e. The predicted octanol–water partition coefficient (Wildman–Crippen LogP) is 2.30. The fraction of sp³-hybridized carbons (Fsp3) is 0.0833. The topological polar surface area (TPSA) is 38.0 Å². The van der Waals surface area contributed by atoms with Gasteiger partial charge in [-0.1, -0.05) is 24.3 Å². The van der Waals surface area contributed by atoms with Gasteiger partial charge < -0.3 is 5.11 Å². The van der Waals surface area contributed by atoms with Gasteiger partial charge in [0, 0.05) is 12.4 Å². The van der Waals surface area contributed by atoms with E-state index < -0.39 is 0 Å². The third kappa shape index (κ3) is 2.71. The van der Waals surface area contributed by atoms with Crippen molar-refractivity contribution in [3.63, 3.8) is 0 Å². The van der Waals surface area contributed by atoms with E-state index in [1.807, 2.05) is 41.2 Å². The van der Waals surface area contributed by atoms with Gasteiger partial charge >= 0.3 is 0 Å². The minimum atomic E-state index is 0.291. The van der Waals surface area contributed by atoms with Gasteiger partial charge in [-0.05, 0) is 23.8 Å². The lowest BCUT2D eigenvalue weighted by atomic mass is 10.2. The summed E-state index contributed by atoms with van der Waals surface area (Å²) in [5, 5.41) is 13.2. The summed E-state index contributed by atoms with van der Waals surface area (Å²) in [4.78, 5) is 0. The highest BCUT2D eigenvalue weighted by Crippen LogP contribution is 2.10. The molecule has 0 aliphatic rings. The van der Waals surface area contributed by atoms with Crippen LogP contribution in [0, 0.1) is 0 Å². The number of phenolic OH excluding ortho intramolecular Hbond substituents is 1. The minimum absolute atomic E-state index is 0.291. The van der Waals surface area contributed by atoms with Gasteiger partial charge in [-0.3, -0.25) is 4.68 Å². The van der Waals surface area contributed by atoms with Crippen LogP contribution in [0.25, 0.3) is 6.08 Å². The van der Waals surface area contributed by atoms with E-state index in [2.05, 4.69) is 5.10 Å². The second-order valence-electron chi connectivity index (χ2n) is 3.22. The van der Waals surface area contributed by atoms with Crippen LogP contribution in [-0.2, 0) is 6.54 Å². The van der Waals surface area contributed by atoms with Crippen LogP contribution < -0.4 is 0 Å². The summed E-state index contributed by atoms with van der Waals surface area (Å²) in [5.74, 6) is 0.291. The summed E-state index contributed by atoms with van der Waals surface area (Å²) in [6.45, 7) is 0.758. The second-order valence-corrected chi connectivity index (χ2v) is 3.22. The predicted molar refractivity (Wildman–Crippen MR) is 59.4 cm³/mol. The second kappa shape index (κ2) is 4.46. The molecule has 0 spiro atoms. The van der Waals surface area contributed by atoms with Gasteiger partial charge in [0.25, 0.3) is 0 Å². The third-order valence-corrected chi connectivity index (χ3v) is 2.06. The monoisotopic (exact) mass is 200 g/mol. The summed E-state index contributed by atoms with van der Waals surface area (Å²) in [6.07, 6.45) is 7.70. The zero-order valence-corrected chi connectivity index (χ0v) is 8.24. The first-order valence-electron chi connectivity index (χ1n) is 4.77. The van der Waals surface area contributed by atoms with Crippen molar-refractivity contribution in [3.8, 4) is 5.75 Å². The molecule has 1 heterocycles. The van der Waals surface area contributed by atoms with Gasteiger partial charge in [0.15, 0.2) is 0 Å². The summed E-state index contributed by atoms with van der Waals surface area (Å²) >= 11 is 0. The molecule has 76 valence electrons. The molecule has 0 unspecified atom stereocenters. The molecule has 0 atom stereocenters. The van der Waals surface area contributed by atoms with Crippen LogP contribution in [0.15, 0.2) is 48.8 Å². The number of hydrogen-bond donors (Lipinski definition) is 1. The van der Waals surface area contributed by atoms with Gasteiger partial charge in [-0.15, -0.1) is 0 Å². The molecule has 0 aliphatic carbocycles. The van der Waals surface area contributed by atoms with E-state index >= 15 is 0 Å². The van der Waals surface area contributed by atoms with Crippen LogP contribution in [0.5, 0.6) is 5.75 Å². The molecule has 3 nitrogen and oxygen atoms in total. The molecule has 2 aromatic rings. The van der Waals surface area contributed by atoms with E-state index in [1.54, 1.807) is 18.3 Å². The van der Waals surface area contributed by atoms with E-state index in [-0.39, 0.29) is 0 Å². The molecule has 1 N–H and O–H groups in total. The highest BCUT2D eigenvalue weighted by Gasteiger charge is 1.88. The van der Waals surface area contributed by atoms with Crippen molar-refractivity contribution in [2.75, 3.05) is 0 Å². The van der Waals surface area contributed by atoms with E-state index in [1.165, 1.54) is 0 Å². The van der Waals surface area contributed by atoms with Crippen molar-refractivity contribution in [2.45, 2.75) is 6.54 Å². The van der Waals surface area contributed by atoms with Crippen molar-refractivity contribution >= 4 is 6.08 Å². The van der Waals surface area contributed by atoms with Crippen molar-refractivity contribution < 1.29 is 5.11 Å². The third-order valence-electron chi connectivity index (χ3n) is 2.06. The van der Waals surface area contributed by atoms with Gasteiger partial charge in [0.05, 0.1) is 6.54 Å². The molecular formula is C12H12N2O. The Morgan fingerprint density at radius 2 is 2.07 bits per heavy atom. The quantitative estimate of drug-likeness (QED) is 0.825. The van der Waals surface area contributed by atoms with E-state index in [9.17, 15) is 0 Å². The SMILES string of the molecule is Oc1ccc(C=CCn2cccn2)cc1. The Morgan fingerprint density at radius 1 is 1.27 bits per heavy atom. The average molecular weight is 200 g/mol. The van der Waals surface area contributed by atoms with Crippen LogP contribution in [0.1, 0.15) is 5.56 Å². The van der Waals surface area contributed by atoms with E-state index in [0.717, 1.165) is 12.1 Å². The Hall–Kier alpha value is -2.03. The maximum atomic E-state index is 9.09. The first-order valence-corrected chi connectivity index (χ1v) is 4.77. The lowest BCUT2D eigenvalue weighted by molar-refractivity contribution is 0.475. The molecule has 0 saturated carbocycles. The zero-order valence-electron chi connectivity index (χ0n) is 8.24. The number of aromatic hydroxyl groups is 1. The molecule has 0 saturated heterocycles. The van der Waals surface area contributed by atoms with Crippen molar-refractivity contribution in [1.29, 1.82) is 0 Å². The number of aromatic nitrogens is 2. The summed E-state index contributed by atoms with van der Waals surface area (Å²) in [7, 11) is 0. The van der Waals surface area contributed by atoms with Gasteiger partial charge in [0.2, 0.25) is 0 Å². The normalized spacial score (nSPS) is 10.9. The molecule has 0 radical (unpaired) electrons. The van der Waals surface area contributed by atoms with Crippen LogP contribution in [0.3, 0.4) is 0 Å². The minimum Gasteiger partial charge on any atom is -0.508 e. The van der Waals surface area contributed by atoms with Crippen molar-refractivity contribution in [3.05, 3.63) is 54.4 Å². The first-order chi connectivity index (χ1) is 7.34. The molecule has 0 fully saturated rings. The lowest BCUT2D eigenvalue weighted by Gasteiger charge is -1.95. The number of nitrogens with zero attached hydrogens (tertiary/aromatic N) is 2. The fourth-order valence-electron chi connectivity index (χ4n) is 1.29. The standard InChI is InChI=1S/C12H12N2O/c15-12-6-4-11(5-7-12)3-1-9-14-10-2-8-13-14/h1-8,10,15H,9H2. The molecule has 15 heavy (non-hydrogen) atoms. The Labute approximate surface area is 88.3 Å². The largest absolute Gasteiger partial charge is 0.508 e. The Morgan fingerprint density at radius 3 is 2.73 bits per heavy atom. The molecule has 2 rings (SSSR count). The molecule has 0 aliphatic heterocycles. The average Bonchev–Trinajstić information content (AvgIpc) is 2.74. The van der Waals surface area contributed by atoms with Gasteiger partial charge in [-0.25, -0.2) is 0 Å². The molecule has 0 bridgehead atoms. The summed E-state index contributed by atoms with van der Waals surface area (Å²) < 4.78 is 1.84. The first kappa shape index (κ1) is 9.52. The van der Waals surface area contributed by atoms with Crippen molar-refractivity contribution in [1.82, 2.24) is 9.78 Å². The number of phenols is 1. The number of hydrogen-bond acceptors (Lipinski definition) is 2. The lowest BCUT2D eigenvalue weighted by Crippen LogP contribution is -1.93. The molecular weight excluding hydrogens is 188 g/mol. The number of benzene rings is 1. The maximum absolute atomic E-state index is 9.09. The van der Waals surface area contributed by atoms with E-state index in [4.69, 9.17) is 5.11 Å². The van der Waals surface area contributed by atoms with Crippen LogP contribution in [-0.4, -0.2) is 14.9 Å². The Balaban J connectivity index is 1.97. The molecule has 1 aromatic heterocycles. The van der Waals surface area contributed by atoms with Crippen molar-refractivity contribution in [2.24, 2.45) is 0 Å². The molecule has 0 amide bonds. The number of rotatable bonds is 3. The summed E-state index contributed by atoms with van der Waals surface area (Å²) in [5.41, 5.74) is 1.07. The highest BCUT2D eigenvalue weighted by atomic mass is 16.3. The molecule has 1 aromatic carbocycles. The van der Waals surface area contributed by atoms with Crippen LogP contribution in [0.4, 0.5) is 0 Å². The van der Waals surface area contributed by atoms with E-state index in [0.29, 0.717) is 5.75 Å². The van der Waals surface area contributed by atoms with Gasteiger partial charge in [-0.2, -0.15) is 5.10 Å².